The maximum atomic E-state index is 15.5. The summed E-state index contributed by atoms with van der Waals surface area (Å²) >= 11 is 0. The largest absolute Gasteiger partial charge is 0.309 e. The summed E-state index contributed by atoms with van der Waals surface area (Å²) in [5.41, 5.74) is 3.66. The Morgan fingerprint density at radius 1 is 1.35 bits per heavy atom. The second kappa shape index (κ2) is 7.11. The second-order valence-electron chi connectivity index (χ2n) is 8.26. The van der Waals surface area contributed by atoms with Crippen LogP contribution in [0.2, 0.25) is 0 Å². The fourth-order valence-corrected chi connectivity index (χ4v) is 4.14. The van der Waals surface area contributed by atoms with E-state index in [0.29, 0.717) is 45.8 Å². The summed E-state index contributed by atoms with van der Waals surface area (Å²) in [6, 6.07) is 0. The Kier molecular flexibility index (Phi) is 4.49. The normalized spacial score (nSPS) is 18.3. The molecule has 160 valence electrons. The van der Waals surface area contributed by atoms with Crippen molar-refractivity contribution in [3.05, 3.63) is 41.7 Å². The quantitative estimate of drug-likeness (QED) is 0.497. The molecule has 3 heterocycles. The second-order valence-corrected chi connectivity index (χ2v) is 8.26. The molecule has 1 fully saturated rings. The number of H-pyrrole nitrogens is 1. The van der Waals surface area contributed by atoms with Gasteiger partial charge in [-0.05, 0) is 24.3 Å². The van der Waals surface area contributed by atoms with E-state index in [4.69, 9.17) is 0 Å². The molecular weight excluding hydrogens is 402 g/mol. The predicted molar refractivity (Wildman–Crippen MR) is 113 cm³/mol. The standard InChI is InChI=1S/C22H22F2N6O/c1-4-11-19(13-6-26-29-21(13)18(10(2)3)20(11)24)15-8-30-9-16(27-17(30)7-25-15)28-22(31)12-5-14(12)23/h6-10,12,14H,4-5H2,1-3H3,(H,26,29)(H,28,31). The lowest BCUT2D eigenvalue weighted by atomic mass is 9.90. The minimum Gasteiger partial charge on any atom is -0.309 e. The van der Waals surface area contributed by atoms with Gasteiger partial charge in [0.2, 0.25) is 5.91 Å². The number of imidazole rings is 1. The summed E-state index contributed by atoms with van der Waals surface area (Å²) in [5.74, 6) is -0.886. The number of hydrogen-bond donors (Lipinski definition) is 2. The van der Waals surface area contributed by atoms with Crippen molar-refractivity contribution < 1.29 is 13.6 Å². The molecule has 9 heteroatoms. The first-order chi connectivity index (χ1) is 14.9. The maximum absolute atomic E-state index is 15.5. The number of carbonyl (C=O) groups is 1. The molecule has 0 radical (unpaired) electrons. The van der Waals surface area contributed by atoms with Gasteiger partial charge in [0.15, 0.2) is 11.5 Å². The number of alkyl halides is 1. The van der Waals surface area contributed by atoms with E-state index in [1.807, 2.05) is 20.8 Å². The number of hydrogen-bond acceptors (Lipinski definition) is 4. The Morgan fingerprint density at radius 3 is 2.81 bits per heavy atom. The third kappa shape index (κ3) is 3.15. The molecule has 2 unspecified atom stereocenters. The fourth-order valence-electron chi connectivity index (χ4n) is 4.14. The van der Waals surface area contributed by atoms with Gasteiger partial charge in [0.25, 0.3) is 0 Å². The number of aromatic amines is 1. The van der Waals surface area contributed by atoms with Crippen LogP contribution >= 0.6 is 0 Å². The zero-order chi connectivity index (χ0) is 21.9. The molecule has 0 aliphatic heterocycles. The molecule has 7 nitrogen and oxygen atoms in total. The number of amides is 1. The summed E-state index contributed by atoms with van der Waals surface area (Å²) in [5, 5.41) is 10.6. The van der Waals surface area contributed by atoms with E-state index >= 15 is 4.39 Å². The van der Waals surface area contributed by atoms with Crippen LogP contribution in [0.4, 0.5) is 14.6 Å². The van der Waals surface area contributed by atoms with Crippen LogP contribution in [0.1, 0.15) is 44.2 Å². The number of aromatic nitrogens is 5. The molecule has 1 aliphatic carbocycles. The van der Waals surface area contributed by atoms with Gasteiger partial charge in [-0.1, -0.05) is 20.8 Å². The first-order valence-corrected chi connectivity index (χ1v) is 10.4. The number of fused-ring (bicyclic) bond motifs is 2. The van der Waals surface area contributed by atoms with Crippen molar-refractivity contribution in [3.8, 4) is 11.3 Å². The number of benzene rings is 1. The summed E-state index contributed by atoms with van der Waals surface area (Å²) in [7, 11) is 0. The molecule has 5 rings (SSSR count). The zero-order valence-corrected chi connectivity index (χ0v) is 17.4. The van der Waals surface area contributed by atoms with Crippen molar-refractivity contribution in [1.29, 1.82) is 0 Å². The zero-order valence-electron chi connectivity index (χ0n) is 17.4. The average molecular weight is 424 g/mol. The van der Waals surface area contributed by atoms with Gasteiger partial charge >= 0.3 is 0 Å². The minimum absolute atomic E-state index is 0.00653. The smallest absolute Gasteiger partial charge is 0.231 e. The number of rotatable bonds is 5. The van der Waals surface area contributed by atoms with Gasteiger partial charge in [0, 0.05) is 22.7 Å². The first kappa shape index (κ1) is 19.6. The Bertz CT molecular complexity index is 1320. The highest BCUT2D eigenvalue weighted by Gasteiger charge is 2.43. The lowest BCUT2D eigenvalue weighted by Crippen LogP contribution is -2.15. The summed E-state index contributed by atoms with van der Waals surface area (Å²) in [6.45, 7) is 5.82. The third-order valence-electron chi connectivity index (χ3n) is 5.81. The van der Waals surface area contributed by atoms with Crippen LogP contribution in [-0.4, -0.2) is 36.6 Å². The fraction of sp³-hybridized carbons (Fsp3) is 0.364. The van der Waals surface area contributed by atoms with Crippen molar-refractivity contribution >= 4 is 28.3 Å². The Balaban J connectivity index is 1.61. The molecule has 2 atom stereocenters. The number of nitrogens with one attached hydrogen (secondary N) is 2. The highest BCUT2D eigenvalue weighted by molar-refractivity contribution is 5.98. The van der Waals surface area contributed by atoms with Gasteiger partial charge in [0.1, 0.15) is 12.0 Å². The number of anilines is 1. The monoisotopic (exact) mass is 424 g/mol. The van der Waals surface area contributed by atoms with Crippen LogP contribution in [0.15, 0.2) is 24.8 Å². The Hall–Kier alpha value is -3.36. The van der Waals surface area contributed by atoms with Crippen LogP contribution in [0.25, 0.3) is 27.8 Å². The lowest BCUT2D eigenvalue weighted by Gasteiger charge is -2.17. The molecule has 1 aliphatic rings. The van der Waals surface area contributed by atoms with E-state index in [1.165, 1.54) is 0 Å². The van der Waals surface area contributed by atoms with E-state index in [-0.39, 0.29) is 24.1 Å². The van der Waals surface area contributed by atoms with Gasteiger partial charge in [-0.25, -0.2) is 13.8 Å². The summed E-state index contributed by atoms with van der Waals surface area (Å²) < 4.78 is 30.3. The molecule has 0 saturated heterocycles. The predicted octanol–water partition coefficient (Wildman–Crippen LogP) is 4.39. The Labute approximate surface area is 176 Å². The SMILES string of the molecule is CCc1c(F)c(C(C)C)c2[nH]ncc2c1-c1cn2cc(NC(=O)C3CC3F)nc2cn1. The van der Waals surface area contributed by atoms with Gasteiger partial charge in [-0.3, -0.25) is 14.9 Å². The van der Waals surface area contributed by atoms with E-state index in [1.54, 1.807) is 29.2 Å². The van der Waals surface area contributed by atoms with E-state index in [9.17, 15) is 9.18 Å². The Morgan fingerprint density at radius 2 is 2.13 bits per heavy atom. The molecule has 3 aromatic heterocycles. The number of nitrogens with zero attached hydrogens (tertiary/aromatic N) is 4. The van der Waals surface area contributed by atoms with Crippen molar-refractivity contribution in [2.45, 2.75) is 45.7 Å². The van der Waals surface area contributed by atoms with Gasteiger partial charge < -0.3 is 9.72 Å². The average Bonchev–Trinajstić information content (AvgIpc) is 3.11. The molecule has 2 N–H and O–H groups in total. The molecule has 0 bridgehead atoms. The van der Waals surface area contributed by atoms with E-state index in [0.717, 1.165) is 5.39 Å². The van der Waals surface area contributed by atoms with Gasteiger partial charge in [-0.15, -0.1) is 0 Å². The highest BCUT2D eigenvalue weighted by atomic mass is 19.1. The highest BCUT2D eigenvalue weighted by Crippen LogP contribution is 2.38. The van der Waals surface area contributed by atoms with Crippen LogP contribution in [0.3, 0.4) is 0 Å². The number of halogens is 2. The molecule has 1 amide bonds. The number of carbonyl (C=O) groups excluding carboxylic acids is 1. The minimum atomic E-state index is -1.07. The van der Waals surface area contributed by atoms with Crippen LogP contribution in [-0.2, 0) is 11.2 Å². The van der Waals surface area contributed by atoms with Crippen molar-refractivity contribution in [3.63, 3.8) is 0 Å². The van der Waals surface area contributed by atoms with Crippen LogP contribution in [0.5, 0.6) is 0 Å². The van der Waals surface area contributed by atoms with Crippen molar-refractivity contribution in [2.24, 2.45) is 5.92 Å². The van der Waals surface area contributed by atoms with E-state index < -0.39 is 12.1 Å². The molecule has 31 heavy (non-hydrogen) atoms. The first-order valence-electron chi connectivity index (χ1n) is 10.4. The van der Waals surface area contributed by atoms with Crippen LogP contribution in [0, 0.1) is 11.7 Å². The molecule has 1 aromatic carbocycles. The maximum Gasteiger partial charge on any atom is 0.231 e. The topological polar surface area (TPSA) is 88.0 Å². The van der Waals surface area contributed by atoms with Gasteiger partial charge in [0.05, 0.1) is 35.7 Å². The summed E-state index contributed by atoms with van der Waals surface area (Å²) in [6.07, 6.45) is 6.35. The van der Waals surface area contributed by atoms with Crippen molar-refractivity contribution in [1.82, 2.24) is 24.6 Å². The molecule has 0 spiro atoms. The molecule has 1 saturated carbocycles. The lowest BCUT2D eigenvalue weighted by molar-refractivity contribution is -0.117. The van der Waals surface area contributed by atoms with Crippen molar-refractivity contribution in [2.75, 3.05) is 5.32 Å². The van der Waals surface area contributed by atoms with E-state index in [2.05, 4.69) is 25.5 Å². The third-order valence-corrected chi connectivity index (χ3v) is 5.81. The molecule has 4 aromatic rings. The van der Waals surface area contributed by atoms with Crippen LogP contribution < -0.4 is 5.32 Å². The molecular formula is C22H22F2N6O. The summed E-state index contributed by atoms with van der Waals surface area (Å²) in [4.78, 5) is 20.9. The van der Waals surface area contributed by atoms with Gasteiger partial charge in [-0.2, -0.15) is 5.10 Å².